The fraction of sp³-hybridized carbons (Fsp3) is 0.286. The Labute approximate surface area is 176 Å². The smallest absolute Gasteiger partial charge is 0.124 e. The van der Waals surface area contributed by atoms with Crippen LogP contribution in [0.2, 0.25) is 5.02 Å². The van der Waals surface area contributed by atoms with E-state index in [-0.39, 0.29) is 12.6 Å². The lowest BCUT2D eigenvalue weighted by molar-refractivity contribution is 0.198. The average Bonchev–Trinajstić information content (AvgIpc) is 3.43. The summed E-state index contributed by atoms with van der Waals surface area (Å²) in [5, 5.41) is 14.7. The SMILES string of the molecule is OCCn1c(CN2CCc3sccc3[C@H]2c2cccs2)nc2ccc(Cl)cc21. The average molecular weight is 430 g/mol. The first kappa shape index (κ1) is 18.3. The number of hydrogen-bond acceptors (Lipinski definition) is 5. The predicted octanol–water partition coefficient (Wildman–Crippen LogP) is 4.95. The van der Waals surface area contributed by atoms with Crippen LogP contribution in [0.5, 0.6) is 0 Å². The van der Waals surface area contributed by atoms with Crippen molar-refractivity contribution in [2.24, 2.45) is 0 Å². The zero-order valence-corrected chi connectivity index (χ0v) is 17.6. The van der Waals surface area contributed by atoms with E-state index >= 15 is 0 Å². The molecule has 4 nitrogen and oxygen atoms in total. The maximum atomic E-state index is 9.61. The van der Waals surface area contributed by atoms with Crippen molar-refractivity contribution in [3.8, 4) is 0 Å². The van der Waals surface area contributed by atoms with Gasteiger partial charge in [0.15, 0.2) is 0 Å². The molecule has 28 heavy (non-hydrogen) atoms. The Bertz CT molecular complexity index is 1100. The number of aliphatic hydroxyl groups is 1. The van der Waals surface area contributed by atoms with Crippen LogP contribution in [0.4, 0.5) is 0 Å². The number of benzene rings is 1. The van der Waals surface area contributed by atoms with Crippen molar-refractivity contribution < 1.29 is 5.11 Å². The minimum Gasteiger partial charge on any atom is -0.395 e. The molecule has 1 N–H and O–H groups in total. The van der Waals surface area contributed by atoms with Crippen molar-refractivity contribution in [3.05, 3.63) is 73.3 Å². The molecule has 1 atom stereocenters. The summed E-state index contributed by atoms with van der Waals surface area (Å²) in [5.74, 6) is 0.978. The molecule has 0 radical (unpaired) electrons. The molecule has 0 amide bonds. The van der Waals surface area contributed by atoms with Crippen LogP contribution in [0.25, 0.3) is 11.0 Å². The highest BCUT2D eigenvalue weighted by Crippen LogP contribution is 2.40. The van der Waals surface area contributed by atoms with E-state index in [4.69, 9.17) is 16.6 Å². The lowest BCUT2D eigenvalue weighted by atomic mass is 9.98. The summed E-state index contributed by atoms with van der Waals surface area (Å²) in [4.78, 5) is 10.3. The molecule has 0 unspecified atom stereocenters. The molecule has 0 saturated carbocycles. The number of aliphatic hydroxyl groups excluding tert-OH is 1. The first-order valence-electron chi connectivity index (χ1n) is 9.34. The molecule has 0 saturated heterocycles. The van der Waals surface area contributed by atoms with Gasteiger partial charge in [0.2, 0.25) is 0 Å². The number of fused-ring (bicyclic) bond motifs is 2. The lowest BCUT2D eigenvalue weighted by Gasteiger charge is -2.35. The van der Waals surface area contributed by atoms with Gasteiger partial charge in [-0.1, -0.05) is 17.7 Å². The summed E-state index contributed by atoms with van der Waals surface area (Å²) < 4.78 is 2.11. The molecule has 3 aromatic heterocycles. The Kier molecular flexibility index (Phi) is 4.99. The van der Waals surface area contributed by atoms with Gasteiger partial charge in [0.25, 0.3) is 0 Å². The van der Waals surface area contributed by atoms with E-state index < -0.39 is 0 Å². The molecule has 0 bridgehead atoms. The highest BCUT2D eigenvalue weighted by Gasteiger charge is 2.31. The molecule has 4 aromatic rings. The predicted molar refractivity (Wildman–Crippen MR) is 116 cm³/mol. The van der Waals surface area contributed by atoms with Gasteiger partial charge in [-0.2, -0.15) is 0 Å². The first-order valence-corrected chi connectivity index (χ1v) is 11.5. The zero-order chi connectivity index (χ0) is 19.1. The van der Waals surface area contributed by atoms with Crippen LogP contribution >= 0.6 is 34.3 Å². The van der Waals surface area contributed by atoms with E-state index in [0.717, 1.165) is 36.4 Å². The van der Waals surface area contributed by atoms with Crippen LogP contribution in [-0.4, -0.2) is 32.7 Å². The van der Waals surface area contributed by atoms with Gasteiger partial charge in [-0.3, -0.25) is 4.90 Å². The monoisotopic (exact) mass is 429 g/mol. The topological polar surface area (TPSA) is 41.3 Å². The highest BCUT2D eigenvalue weighted by molar-refractivity contribution is 7.10. The fourth-order valence-electron chi connectivity index (χ4n) is 4.12. The van der Waals surface area contributed by atoms with Gasteiger partial charge in [0.1, 0.15) is 5.82 Å². The quantitative estimate of drug-likeness (QED) is 0.487. The number of nitrogens with zero attached hydrogens (tertiary/aromatic N) is 3. The van der Waals surface area contributed by atoms with Gasteiger partial charge in [-0.05, 0) is 53.1 Å². The maximum Gasteiger partial charge on any atom is 0.124 e. The second kappa shape index (κ2) is 7.61. The summed E-state index contributed by atoms with van der Waals surface area (Å²) in [6.07, 6.45) is 1.07. The largest absolute Gasteiger partial charge is 0.395 e. The summed E-state index contributed by atoms with van der Waals surface area (Å²) >= 11 is 9.89. The van der Waals surface area contributed by atoms with Crippen molar-refractivity contribution >= 4 is 45.3 Å². The summed E-state index contributed by atoms with van der Waals surface area (Å²) in [6.45, 7) is 2.34. The maximum absolute atomic E-state index is 9.61. The van der Waals surface area contributed by atoms with Gasteiger partial charge >= 0.3 is 0 Å². The zero-order valence-electron chi connectivity index (χ0n) is 15.2. The molecule has 0 aliphatic carbocycles. The van der Waals surface area contributed by atoms with Crippen LogP contribution in [0, 0.1) is 0 Å². The molecular formula is C21H20ClN3OS2. The molecule has 144 valence electrons. The van der Waals surface area contributed by atoms with Crippen LogP contribution in [-0.2, 0) is 19.5 Å². The van der Waals surface area contributed by atoms with Gasteiger partial charge in [0.05, 0.1) is 30.2 Å². The summed E-state index contributed by atoms with van der Waals surface area (Å²) in [6, 6.07) is 12.7. The third-order valence-corrected chi connectivity index (χ3v) is 7.49. The Hall–Kier alpha value is -1.70. The molecular weight excluding hydrogens is 410 g/mol. The van der Waals surface area contributed by atoms with E-state index in [1.54, 1.807) is 0 Å². The van der Waals surface area contributed by atoms with E-state index in [1.807, 2.05) is 40.9 Å². The van der Waals surface area contributed by atoms with Crippen LogP contribution < -0.4 is 0 Å². The molecule has 1 aliphatic rings. The van der Waals surface area contributed by atoms with Gasteiger partial charge in [0, 0.05) is 27.9 Å². The molecule has 1 aromatic carbocycles. The summed E-state index contributed by atoms with van der Waals surface area (Å²) in [7, 11) is 0. The molecule has 0 spiro atoms. The van der Waals surface area contributed by atoms with E-state index in [0.29, 0.717) is 11.6 Å². The normalized spacial score (nSPS) is 17.3. The third-order valence-electron chi connectivity index (χ3n) is 5.34. The standard InChI is InChI=1S/C21H20ClN3OS2/c22-14-3-4-16-17(12-14)25(8-9-26)20(23-16)13-24-7-5-18-15(6-11-28-18)21(24)19-2-1-10-27-19/h1-4,6,10-12,21,26H,5,7-9,13H2/t21-/m0/s1. The number of rotatable bonds is 5. The van der Waals surface area contributed by atoms with Crippen molar-refractivity contribution in [2.75, 3.05) is 13.2 Å². The highest BCUT2D eigenvalue weighted by atomic mass is 35.5. The Morgan fingerprint density at radius 2 is 2.11 bits per heavy atom. The van der Waals surface area contributed by atoms with Gasteiger partial charge in [-0.15, -0.1) is 22.7 Å². The van der Waals surface area contributed by atoms with Crippen LogP contribution in [0.3, 0.4) is 0 Å². The second-order valence-corrected chi connectivity index (χ2v) is 9.39. The van der Waals surface area contributed by atoms with Gasteiger partial charge in [-0.25, -0.2) is 4.98 Å². The minimum atomic E-state index is 0.0774. The first-order chi connectivity index (χ1) is 13.7. The van der Waals surface area contributed by atoms with E-state index in [1.165, 1.54) is 15.3 Å². The molecule has 0 fully saturated rings. The number of imidazole rings is 1. The molecule has 1 aliphatic heterocycles. The number of halogens is 1. The minimum absolute atomic E-state index is 0.0774. The molecule has 4 heterocycles. The third kappa shape index (κ3) is 3.19. The van der Waals surface area contributed by atoms with E-state index in [9.17, 15) is 5.11 Å². The summed E-state index contributed by atoms with van der Waals surface area (Å²) in [5.41, 5.74) is 3.33. The lowest BCUT2D eigenvalue weighted by Crippen LogP contribution is -2.35. The van der Waals surface area contributed by atoms with E-state index in [2.05, 4.69) is 38.4 Å². The van der Waals surface area contributed by atoms with Crippen molar-refractivity contribution in [2.45, 2.75) is 25.6 Å². The van der Waals surface area contributed by atoms with Crippen LogP contribution in [0.1, 0.15) is 27.2 Å². The Morgan fingerprint density at radius 3 is 2.93 bits per heavy atom. The molecule has 7 heteroatoms. The Morgan fingerprint density at radius 1 is 1.18 bits per heavy atom. The fourth-order valence-corrected chi connectivity index (χ4v) is 6.06. The second-order valence-electron chi connectivity index (χ2n) is 6.97. The number of aromatic nitrogens is 2. The van der Waals surface area contributed by atoms with Crippen LogP contribution in [0.15, 0.2) is 47.2 Å². The number of hydrogen-bond donors (Lipinski definition) is 1. The van der Waals surface area contributed by atoms with Crippen molar-refractivity contribution in [1.82, 2.24) is 14.5 Å². The Balaban J connectivity index is 1.56. The molecule has 5 rings (SSSR count). The van der Waals surface area contributed by atoms with Crippen molar-refractivity contribution in [1.29, 1.82) is 0 Å². The number of thiophene rings is 2. The van der Waals surface area contributed by atoms with Crippen molar-refractivity contribution in [3.63, 3.8) is 0 Å². The van der Waals surface area contributed by atoms with Gasteiger partial charge < -0.3 is 9.67 Å².